The molecule has 0 bridgehead atoms. The second-order valence-electron chi connectivity index (χ2n) is 4.59. The first-order chi connectivity index (χ1) is 9.93. The number of halogens is 2. The first-order valence-electron chi connectivity index (χ1n) is 6.25. The van der Waals surface area contributed by atoms with Crippen LogP contribution in [0.4, 0.5) is 0 Å². The Morgan fingerprint density at radius 2 is 1.86 bits per heavy atom. The standard InChI is InChI=1S/C14H14Cl2N2O2S/c1-8(21-2)7-18-13(19)11(12(16)17-14(18)20)9-3-5-10(15)6-4-9/h3-6,8H,7H2,1-2H3,(H,17,20). The molecule has 1 unspecified atom stereocenters. The summed E-state index contributed by atoms with van der Waals surface area (Å²) in [6, 6.07) is 6.75. The van der Waals surface area contributed by atoms with Crippen LogP contribution in [0.3, 0.4) is 0 Å². The third-order valence-corrected chi connectivity index (χ3v) is 4.60. The number of hydrogen-bond donors (Lipinski definition) is 1. The van der Waals surface area contributed by atoms with E-state index in [0.29, 0.717) is 17.1 Å². The Labute approximate surface area is 136 Å². The molecule has 0 radical (unpaired) electrons. The van der Waals surface area contributed by atoms with Crippen LogP contribution in [0.25, 0.3) is 11.1 Å². The van der Waals surface area contributed by atoms with Crippen molar-refractivity contribution in [3.8, 4) is 11.1 Å². The number of aromatic nitrogens is 2. The Morgan fingerprint density at radius 3 is 2.43 bits per heavy atom. The van der Waals surface area contributed by atoms with Gasteiger partial charge in [0, 0.05) is 16.8 Å². The molecule has 1 aromatic carbocycles. The predicted octanol–water partition coefficient (Wildman–Crippen LogP) is 3.26. The maximum atomic E-state index is 12.6. The fraction of sp³-hybridized carbons (Fsp3) is 0.286. The topological polar surface area (TPSA) is 54.9 Å². The van der Waals surface area contributed by atoms with Crippen molar-refractivity contribution in [1.82, 2.24) is 9.55 Å². The molecule has 1 heterocycles. The Balaban J connectivity index is 2.62. The lowest BCUT2D eigenvalue weighted by Gasteiger charge is -2.12. The number of nitrogens with zero attached hydrogens (tertiary/aromatic N) is 1. The molecular weight excluding hydrogens is 331 g/mol. The summed E-state index contributed by atoms with van der Waals surface area (Å²) in [7, 11) is 0. The highest BCUT2D eigenvalue weighted by atomic mass is 35.5. The van der Waals surface area contributed by atoms with Crippen LogP contribution in [0.15, 0.2) is 33.9 Å². The normalized spacial score (nSPS) is 12.4. The van der Waals surface area contributed by atoms with Gasteiger partial charge in [0.2, 0.25) is 0 Å². The van der Waals surface area contributed by atoms with Crippen molar-refractivity contribution in [2.75, 3.05) is 6.26 Å². The molecule has 0 spiro atoms. The van der Waals surface area contributed by atoms with Gasteiger partial charge in [-0.15, -0.1) is 0 Å². The Morgan fingerprint density at radius 1 is 1.24 bits per heavy atom. The number of hydrogen-bond acceptors (Lipinski definition) is 3. The molecule has 1 aromatic heterocycles. The van der Waals surface area contributed by atoms with E-state index in [4.69, 9.17) is 23.2 Å². The quantitative estimate of drug-likeness (QED) is 0.866. The van der Waals surface area contributed by atoms with Gasteiger partial charge in [-0.1, -0.05) is 42.3 Å². The minimum absolute atomic E-state index is 0.0420. The number of rotatable bonds is 4. The molecule has 1 N–H and O–H groups in total. The lowest BCUT2D eigenvalue weighted by Crippen LogP contribution is -2.38. The summed E-state index contributed by atoms with van der Waals surface area (Å²) >= 11 is 13.5. The Kier molecular flexibility index (Phi) is 5.19. The third-order valence-electron chi connectivity index (χ3n) is 3.12. The van der Waals surface area contributed by atoms with Gasteiger partial charge in [0.1, 0.15) is 5.15 Å². The van der Waals surface area contributed by atoms with Crippen molar-refractivity contribution in [1.29, 1.82) is 0 Å². The van der Waals surface area contributed by atoms with E-state index >= 15 is 0 Å². The molecule has 0 aliphatic heterocycles. The average Bonchev–Trinajstić information content (AvgIpc) is 2.45. The third kappa shape index (κ3) is 3.54. The highest BCUT2D eigenvalue weighted by Gasteiger charge is 2.16. The summed E-state index contributed by atoms with van der Waals surface area (Å²) in [5.41, 5.74) is 0.00743. The number of benzene rings is 1. The van der Waals surface area contributed by atoms with E-state index in [-0.39, 0.29) is 16.0 Å². The monoisotopic (exact) mass is 344 g/mol. The fourth-order valence-corrected chi connectivity index (χ4v) is 2.60. The zero-order valence-corrected chi connectivity index (χ0v) is 13.9. The molecular formula is C14H14Cl2N2O2S. The van der Waals surface area contributed by atoms with Crippen molar-refractivity contribution >= 4 is 35.0 Å². The number of H-pyrrole nitrogens is 1. The highest BCUT2D eigenvalue weighted by Crippen LogP contribution is 2.23. The Bertz CT molecular complexity index is 753. The first kappa shape index (κ1) is 16.2. The van der Waals surface area contributed by atoms with Crippen molar-refractivity contribution < 1.29 is 0 Å². The molecule has 2 rings (SSSR count). The Hall–Kier alpha value is -1.17. The van der Waals surface area contributed by atoms with Crippen molar-refractivity contribution in [2.24, 2.45) is 0 Å². The average molecular weight is 345 g/mol. The number of thioether (sulfide) groups is 1. The summed E-state index contributed by atoms with van der Waals surface area (Å²) < 4.78 is 1.18. The molecule has 0 aliphatic carbocycles. The van der Waals surface area contributed by atoms with Crippen LogP contribution < -0.4 is 11.2 Å². The number of aromatic amines is 1. The maximum absolute atomic E-state index is 12.6. The first-order valence-corrected chi connectivity index (χ1v) is 8.29. The van der Waals surface area contributed by atoms with Crippen molar-refractivity contribution in [3.05, 3.63) is 55.3 Å². The summed E-state index contributed by atoms with van der Waals surface area (Å²) in [5.74, 6) is 0. The van der Waals surface area contributed by atoms with Gasteiger partial charge in [0.15, 0.2) is 0 Å². The van der Waals surface area contributed by atoms with Crippen LogP contribution in [-0.2, 0) is 6.54 Å². The van der Waals surface area contributed by atoms with E-state index in [1.807, 2.05) is 13.2 Å². The van der Waals surface area contributed by atoms with E-state index in [0.717, 1.165) is 0 Å². The summed E-state index contributed by atoms with van der Waals surface area (Å²) in [6.07, 6.45) is 1.93. The van der Waals surface area contributed by atoms with Crippen LogP contribution in [-0.4, -0.2) is 21.1 Å². The summed E-state index contributed by atoms with van der Waals surface area (Å²) in [5, 5.41) is 0.749. The van der Waals surface area contributed by atoms with Crippen LogP contribution in [0.2, 0.25) is 10.2 Å². The van der Waals surface area contributed by atoms with Gasteiger partial charge in [-0.2, -0.15) is 11.8 Å². The molecule has 4 nitrogen and oxygen atoms in total. The molecule has 0 aliphatic rings. The van der Waals surface area contributed by atoms with Crippen LogP contribution in [0.1, 0.15) is 6.92 Å². The molecule has 112 valence electrons. The maximum Gasteiger partial charge on any atom is 0.329 e. The summed E-state index contributed by atoms with van der Waals surface area (Å²) in [6.45, 7) is 2.28. The van der Waals surface area contributed by atoms with E-state index in [2.05, 4.69) is 4.98 Å². The van der Waals surface area contributed by atoms with Gasteiger partial charge in [0.25, 0.3) is 5.56 Å². The van der Waals surface area contributed by atoms with Crippen LogP contribution in [0.5, 0.6) is 0 Å². The lowest BCUT2D eigenvalue weighted by atomic mass is 10.1. The number of nitrogens with one attached hydrogen (secondary N) is 1. The molecule has 0 saturated heterocycles. The predicted molar refractivity (Wildman–Crippen MR) is 89.8 cm³/mol. The smallest absolute Gasteiger partial charge is 0.297 e. The van der Waals surface area contributed by atoms with E-state index < -0.39 is 11.2 Å². The van der Waals surface area contributed by atoms with Gasteiger partial charge in [0.05, 0.1) is 5.56 Å². The second kappa shape index (κ2) is 6.73. The highest BCUT2D eigenvalue weighted by molar-refractivity contribution is 7.99. The van der Waals surface area contributed by atoms with Crippen LogP contribution >= 0.6 is 35.0 Å². The van der Waals surface area contributed by atoms with Gasteiger partial charge in [-0.3, -0.25) is 14.3 Å². The van der Waals surface area contributed by atoms with Crippen LogP contribution in [0, 0.1) is 0 Å². The molecule has 1 atom stereocenters. The minimum Gasteiger partial charge on any atom is -0.297 e. The van der Waals surface area contributed by atoms with Crippen molar-refractivity contribution in [3.63, 3.8) is 0 Å². The molecule has 2 aromatic rings. The second-order valence-corrected chi connectivity index (χ2v) is 6.68. The molecule has 7 heteroatoms. The zero-order chi connectivity index (χ0) is 15.6. The van der Waals surface area contributed by atoms with Gasteiger partial charge < -0.3 is 0 Å². The largest absolute Gasteiger partial charge is 0.329 e. The van der Waals surface area contributed by atoms with Gasteiger partial charge >= 0.3 is 5.69 Å². The van der Waals surface area contributed by atoms with E-state index in [9.17, 15) is 9.59 Å². The van der Waals surface area contributed by atoms with Gasteiger partial charge in [-0.05, 0) is 24.0 Å². The summed E-state index contributed by atoms with van der Waals surface area (Å²) in [4.78, 5) is 27.0. The lowest BCUT2D eigenvalue weighted by molar-refractivity contribution is 0.627. The van der Waals surface area contributed by atoms with E-state index in [1.165, 1.54) is 4.57 Å². The van der Waals surface area contributed by atoms with Gasteiger partial charge in [-0.25, -0.2) is 4.79 Å². The zero-order valence-electron chi connectivity index (χ0n) is 11.5. The van der Waals surface area contributed by atoms with E-state index in [1.54, 1.807) is 36.0 Å². The molecule has 0 saturated carbocycles. The SMILES string of the molecule is CSC(C)Cn1c(=O)[nH]c(Cl)c(-c2ccc(Cl)cc2)c1=O. The molecule has 21 heavy (non-hydrogen) atoms. The fourth-order valence-electron chi connectivity index (χ4n) is 1.91. The minimum atomic E-state index is -0.497. The van der Waals surface area contributed by atoms with Crippen molar-refractivity contribution in [2.45, 2.75) is 18.7 Å². The molecule has 0 fully saturated rings. The molecule has 0 amide bonds.